The summed E-state index contributed by atoms with van der Waals surface area (Å²) >= 11 is 3.53. The van der Waals surface area contributed by atoms with Crippen molar-refractivity contribution in [3.8, 4) is 0 Å². The molecule has 2 aromatic carbocycles. The summed E-state index contributed by atoms with van der Waals surface area (Å²) in [6.45, 7) is 0. The first-order valence-corrected chi connectivity index (χ1v) is 8.00. The summed E-state index contributed by atoms with van der Waals surface area (Å²) in [7, 11) is 0. The van der Waals surface area contributed by atoms with Gasteiger partial charge < -0.3 is 5.32 Å². The third-order valence-electron chi connectivity index (χ3n) is 4.55. The standard InChI is InChI=1S/C18H15BrFN/c19-12-5-1-4-11(10-12)17-14-7-2-6-13(14)15-8-3-9-16(20)18(15)21-17/h1-6,8-10,13-14,17,21H,7H2/t13-,14-,17+/m0/s1. The molecule has 0 fully saturated rings. The molecule has 1 N–H and O–H groups in total. The minimum atomic E-state index is -0.161. The van der Waals surface area contributed by atoms with Crippen molar-refractivity contribution in [2.75, 3.05) is 5.32 Å². The third-order valence-corrected chi connectivity index (χ3v) is 5.05. The van der Waals surface area contributed by atoms with Gasteiger partial charge in [0.2, 0.25) is 0 Å². The number of para-hydroxylation sites is 1. The number of nitrogens with one attached hydrogen (secondary N) is 1. The molecule has 21 heavy (non-hydrogen) atoms. The topological polar surface area (TPSA) is 12.0 Å². The highest BCUT2D eigenvalue weighted by Crippen LogP contribution is 2.50. The van der Waals surface area contributed by atoms with Gasteiger partial charge in [-0.2, -0.15) is 0 Å². The number of anilines is 1. The van der Waals surface area contributed by atoms with Crippen molar-refractivity contribution in [1.29, 1.82) is 0 Å². The molecule has 0 radical (unpaired) electrons. The summed E-state index contributed by atoms with van der Waals surface area (Å²) < 4.78 is 15.3. The Labute approximate surface area is 132 Å². The maximum atomic E-state index is 14.2. The van der Waals surface area contributed by atoms with E-state index in [1.54, 1.807) is 6.07 Å². The Hall–Kier alpha value is -1.61. The predicted molar refractivity (Wildman–Crippen MR) is 86.9 cm³/mol. The molecule has 1 nitrogen and oxygen atoms in total. The summed E-state index contributed by atoms with van der Waals surface area (Å²) in [5.41, 5.74) is 2.95. The Morgan fingerprint density at radius 2 is 2.00 bits per heavy atom. The van der Waals surface area contributed by atoms with E-state index in [9.17, 15) is 4.39 Å². The Kier molecular flexibility index (Phi) is 3.11. The fourth-order valence-corrected chi connectivity index (χ4v) is 4.03. The van der Waals surface area contributed by atoms with E-state index in [0.29, 0.717) is 17.5 Å². The van der Waals surface area contributed by atoms with Crippen LogP contribution in [0.25, 0.3) is 0 Å². The van der Waals surface area contributed by atoms with E-state index in [0.717, 1.165) is 16.5 Å². The molecule has 2 aromatic rings. The van der Waals surface area contributed by atoms with Gasteiger partial charge >= 0.3 is 0 Å². The summed E-state index contributed by atoms with van der Waals surface area (Å²) in [6, 6.07) is 13.8. The van der Waals surface area contributed by atoms with Crippen LogP contribution in [0, 0.1) is 11.7 Å². The van der Waals surface area contributed by atoms with Crippen LogP contribution < -0.4 is 5.32 Å². The van der Waals surface area contributed by atoms with Crippen LogP contribution in [0.2, 0.25) is 0 Å². The van der Waals surface area contributed by atoms with Crippen molar-refractivity contribution < 1.29 is 4.39 Å². The molecular formula is C18H15BrFN. The van der Waals surface area contributed by atoms with E-state index in [1.807, 2.05) is 18.2 Å². The quantitative estimate of drug-likeness (QED) is 0.682. The summed E-state index contributed by atoms with van der Waals surface area (Å²) in [5, 5.41) is 3.44. The lowest BCUT2D eigenvalue weighted by Crippen LogP contribution is -2.29. The summed E-state index contributed by atoms with van der Waals surface area (Å²) in [4.78, 5) is 0. The van der Waals surface area contributed by atoms with Crippen molar-refractivity contribution in [3.63, 3.8) is 0 Å². The molecule has 3 heteroatoms. The average Bonchev–Trinajstić information content (AvgIpc) is 2.96. The normalized spacial score (nSPS) is 26.1. The Bertz CT molecular complexity index is 725. The van der Waals surface area contributed by atoms with Gasteiger partial charge in [-0.1, -0.05) is 52.3 Å². The SMILES string of the molecule is Fc1cccc2c1N[C@H](c1cccc(Br)c1)[C@H]1CC=C[C@H]21. The molecule has 0 saturated heterocycles. The fraction of sp³-hybridized carbons (Fsp3) is 0.222. The monoisotopic (exact) mass is 343 g/mol. The predicted octanol–water partition coefficient (Wildman–Crippen LogP) is 5.41. The minimum absolute atomic E-state index is 0.145. The molecule has 0 spiro atoms. The van der Waals surface area contributed by atoms with Gasteiger partial charge in [-0.15, -0.1) is 0 Å². The molecule has 1 aliphatic heterocycles. The molecule has 0 amide bonds. The largest absolute Gasteiger partial charge is 0.375 e. The van der Waals surface area contributed by atoms with Gasteiger partial charge in [-0.25, -0.2) is 4.39 Å². The molecule has 0 saturated carbocycles. The van der Waals surface area contributed by atoms with Crippen LogP contribution in [-0.2, 0) is 0 Å². The van der Waals surface area contributed by atoms with Crippen LogP contribution in [-0.4, -0.2) is 0 Å². The van der Waals surface area contributed by atoms with E-state index >= 15 is 0 Å². The first-order chi connectivity index (χ1) is 10.2. The molecule has 1 aliphatic carbocycles. The summed E-state index contributed by atoms with van der Waals surface area (Å²) in [5.74, 6) is 0.598. The molecular weight excluding hydrogens is 329 g/mol. The third kappa shape index (κ3) is 2.11. The molecule has 0 unspecified atom stereocenters. The second kappa shape index (κ2) is 4.99. The Balaban J connectivity index is 1.83. The van der Waals surface area contributed by atoms with Crippen LogP contribution >= 0.6 is 15.9 Å². The van der Waals surface area contributed by atoms with Crippen LogP contribution in [0.5, 0.6) is 0 Å². The molecule has 4 rings (SSSR count). The minimum Gasteiger partial charge on any atom is -0.375 e. The zero-order valence-corrected chi connectivity index (χ0v) is 13.0. The maximum absolute atomic E-state index is 14.2. The van der Waals surface area contributed by atoms with E-state index in [-0.39, 0.29) is 11.9 Å². The van der Waals surface area contributed by atoms with Crippen molar-refractivity contribution in [3.05, 3.63) is 76.0 Å². The first kappa shape index (κ1) is 13.1. The number of halogens is 2. The molecule has 106 valence electrons. The van der Waals surface area contributed by atoms with Gasteiger partial charge in [0, 0.05) is 10.4 Å². The van der Waals surface area contributed by atoms with Crippen molar-refractivity contribution in [1.82, 2.24) is 0 Å². The van der Waals surface area contributed by atoms with E-state index in [1.165, 1.54) is 11.6 Å². The zero-order valence-electron chi connectivity index (χ0n) is 11.4. The van der Waals surface area contributed by atoms with Crippen LogP contribution in [0.1, 0.15) is 29.5 Å². The molecule has 3 atom stereocenters. The molecule has 0 bridgehead atoms. The van der Waals surface area contributed by atoms with Crippen LogP contribution in [0.15, 0.2) is 59.1 Å². The van der Waals surface area contributed by atoms with Gasteiger partial charge in [0.15, 0.2) is 0 Å². The number of fused-ring (bicyclic) bond motifs is 3. The summed E-state index contributed by atoms with van der Waals surface area (Å²) in [6.07, 6.45) is 5.49. The Morgan fingerprint density at radius 1 is 1.14 bits per heavy atom. The first-order valence-electron chi connectivity index (χ1n) is 7.21. The molecule has 2 aliphatic rings. The van der Waals surface area contributed by atoms with Gasteiger partial charge in [-0.3, -0.25) is 0 Å². The number of allylic oxidation sites excluding steroid dienone is 2. The van der Waals surface area contributed by atoms with Gasteiger partial charge in [0.05, 0.1) is 11.7 Å². The van der Waals surface area contributed by atoms with Crippen molar-refractivity contribution >= 4 is 21.6 Å². The van der Waals surface area contributed by atoms with E-state index in [4.69, 9.17) is 0 Å². The van der Waals surface area contributed by atoms with Gasteiger partial charge in [0.25, 0.3) is 0 Å². The second-order valence-electron chi connectivity index (χ2n) is 5.73. The van der Waals surface area contributed by atoms with E-state index in [2.05, 4.69) is 45.5 Å². The lowest BCUT2D eigenvalue weighted by Gasteiger charge is -2.37. The number of hydrogen-bond acceptors (Lipinski definition) is 1. The fourth-order valence-electron chi connectivity index (χ4n) is 3.61. The second-order valence-corrected chi connectivity index (χ2v) is 6.65. The Morgan fingerprint density at radius 3 is 2.86 bits per heavy atom. The van der Waals surface area contributed by atoms with E-state index < -0.39 is 0 Å². The molecule has 0 aromatic heterocycles. The lowest BCUT2D eigenvalue weighted by atomic mass is 9.77. The van der Waals surface area contributed by atoms with Crippen molar-refractivity contribution in [2.24, 2.45) is 5.92 Å². The lowest BCUT2D eigenvalue weighted by molar-refractivity contribution is 0.420. The average molecular weight is 344 g/mol. The van der Waals surface area contributed by atoms with Crippen LogP contribution in [0.4, 0.5) is 10.1 Å². The number of rotatable bonds is 1. The van der Waals surface area contributed by atoms with Gasteiger partial charge in [0.1, 0.15) is 5.82 Å². The van der Waals surface area contributed by atoms with Crippen molar-refractivity contribution in [2.45, 2.75) is 18.4 Å². The molecule has 1 heterocycles. The highest BCUT2D eigenvalue weighted by molar-refractivity contribution is 9.10. The maximum Gasteiger partial charge on any atom is 0.146 e. The van der Waals surface area contributed by atoms with Crippen LogP contribution in [0.3, 0.4) is 0 Å². The highest BCUT2D eigenvalue weighted by Gasteiger charge is 2.38. The number of hydrogen-bond donors (Lipinski definition) is 1. The smallest absolute Gasteiger partial charge is 0.146 e. The highest BCUT2D eigenvalue weighted by atomic mass is 79.9. The zero-order chi connectivity index (χ0) is 14.4. The number of benzene rings is 2. The van der Waals surface area contributed by atoms with Gasteiger partial charge in [-0.05, 0) is 41.7 Å².